The second-order valence-corrected chi connectivity index (χ2v) is 10.5. The van der Waals surface area contributed by atoms with Crippen LogP contribution in [0.5, 0.6) is 0 Å². The van der Waals surface area contributed by atoms with E-state index in [4.69, 9.17) is 12.2 Å². The number of hydrogen-bond donors (Lipinski definition) is 4. The standard InChI is InChI=1S/C22H16N4OS4/c27-21-17(24-22(28)31-21)10-16-11-18-19(29-16)12-20(30-18)26-25-15-8-6-14(7-9-15)23-13-4-2-1-3-5-13/h1-12,23,25-26H,(H,24,28)/b17-10+. The molecule has 3 heterocycles. The molecule has 1 aliphatic heterocycles. The maximum Gasteiger partial charge on any atom is 0.242 e. The predicted molar refractivity (Wildman–Crippen MR) is 139 cm³/mol. The monoisotopic (exact) mass is 480 g/mol. The second-order valence-electron chi connectivity index (χ2n) is 6.67. The van der Waals surface area contributed by atoms with Gasteiger partial charge in [-0.05, 0) is 66.4 Å². The van der Waals surface area contributed by atoms with Crippen molar-refractivity contribution < 1.29 is 4.79 Å². The number of thiophene rings is 2. The van der Waals surface area contributed by atoms with Crippen LogP contribution in [0, 0.1) is 0 Å². The Morgan fingerprint density at radius 1 is 0.839 bits per heavy atom. The normalized spacial score (nSPS) is 14.8. The zero-order valence-electron chi connectivity index (χ0n) is 16.0. The van der Waals surface area contributed by atoms with Crippen molar-refractivity contribution in [3.8, 4) is 0 Å². The van der Waals surface area contributed by atoms with E-state index in [-0.39, 0.29) is 5.12 Å². The van der Waals surface area contributed by atoms with E-state index in [9.17, 15) is 4.79 Å². The topological polar surface area (TPSA) is 65.2 Å². The molecular weight excluding hydrogens is 465 g/mol. The van der Waals surface area contributed by atoms with Crippen LogP contribution in [0.2, 0.25) is 0 Å². The molecule has 0 aliphatic carbocycles. The van der Waals surface area contributed by atoms with E-state index < -0.39 is 0 Å². The molecule has 5 nitrogen and oxygen atoms in total. The fraction of sp³-hybridized carbons (Fsp3) is 0. The Morgan fingerprint density at radius 2 is 1.55 bits per heavy atom. The highest BCUT2D eigenvalue weighted by Gasteiger charge is 2.22. The summed E-state index contributed by atoms with van der Waals surface area (Å²) in [6.45, 7) is 0. The maximum atomic E-state index is 11.9. The fourth-order valence-corrected chi connectivity index (χ4v) is 6.10. The van der Waals surface area contributed by atoms with E-state index in [1.165, 1.54) is 9.40 Å². The van der Waals surface area contributed by atoms with Crippen LogP contribution in [0.25, 0.3) is 15.5 Å². The minimum atomic E-state index is -0.0294. The Balaban J connectivity index is 1.21. The average Bonchev–Trinajstić information content (AvgIpc) is 3.41. The van der Waals surface area contributed by atoms with E-state index in [0.717, 1.165) is 38.7 Å². The first kappa shape index (κ1) is 20.1. The maximum absolute atomic E-state index is 11.9. The largest absolute Gasteiger partial charge is 0.356 e. The molecule has 5 rings (SSSR count). The molecule has 154 valence electrons. The smallest absolute Gasteiger partial charge is 0.242 e. The van der Waals surface area contributed by atoms with Crippen molar-refractivity contribution in [1.29, 1.82) is 0 Å². The average molecular weight is 481 g/mol. The van der Waals surface area contributed by atoms with Crippen molar-refractivity contribution >= 4 is 93.6 Å². The Kier molecular flexibility index (Phi) is 5.65. The summed E-state index contributed by atoms with van der Waals surface area (Å²) in [5, 5.41) is 7.31. The number of rotatable bonds is 6. The molecule has 1 saturated heterocycles. The molecule has 0 unspecified atom stereocenters. The predicted octanol–water partition coefficient (Wildman–Crippen LogP) is 6.63. The molecule has 0 saturated carbocycles. The van der Waals surface area contributed by atoms with Crippen LogP contribution in [0.3, 0.4) is 0 Å². The number of thioether (sulfide) groups is 1. The van der Waals surface area contributed by atoms with Crippen molar-refractivity contribution in [3.63, 3.8) is 0 Å². The summed E-state index contributed by atoms with van der Waals surface area (Å²) in [4.78, 5) is 12.9. The zero-order valence-corrected chi connectivity index (χ0v) is 19.2. The first-order chi connectivity index (χ1) is 15.1. The number of carbonyl (C=O) groups excluding carboxylic acids is 1. The molecule has 2 aromatic carbocycles. The molecule has 4 N–H and O–H groups in total. The summed E-state index contributed by atoms with van der Waals surface area (Å²) >= 11 is 9.41. The third-order valence-corrected chi connectivity index (χ3v) is 7.63. The number of fused-ring (bicyclic) bond motifs is 1. The molecule has 0 radical (unpaired) electrons. The van der Waals surface area contributed by atoms with Crippen molar-refractivity contribution in [3.05, 3.63) is 77.3 Å². The van der Waals surface area contributed by atoms with Crippen LogP contribution in [0.4, 0.5) is 22.1 Å². The van der Waals surface area contributed by atoms with Gasteiger partial charge in [0, 0.05) is 25.7 Å². The van der Waals surface area contributed by atoms with Gasteiger partial charge < -0.3 is 16.1 Å². The minimum absolute atomic E-state index is 0.0294. The minimum Gasteiger partial charge on any atom is -0.356 e. The highest BCUT2D eigenvalue weighted by molar-refractivity contribution is 8.33. The summed E-state index contributed by atoms with van der Waals surface area (Å²) in [6, 6.07) is 22.4. The Labute approximate surface area is 196 Å². The van der Waals surface area contributed by atoms with E-state index in [0.29, 0.717) is 10.0 Å². The lowest BCUT2D eigenvalue weighted by molar-refractivity contribution is -0.107. The number of carbonyl (C=O) groups is 1. The van der Waals surface area contributed by atoms with Crippen LogP contribution in [-0.2, 0) is 4.79 Å². The van der Waals surface area contributed by atoms with Gasteiger partial charge in [0.05, 0.1) is 11.4 Å². The summed E-state index contributed by atoms with van der Waals surface area (Å²) in [6.07, 6.45) is 1.86. The number of benzene rings is 2. The van der Waals surface area contributed by atoms with Crippen LogP contribution in [0.15, 0.2) is 72.4 Å². The van der Waals surface area contributed by atoms with Gasteiger partial charge in [0.1, 0.15) is 9.32 Å². The molecule has 1 fully saturated rings. The summed E-state index contributed by atoms with van der Waals surface area (Å²) in [7, 11) is 0. The van der Waals surface area contributed by atoms with E-state index in [2.05, 4.69) is 33.6 Å². The Bertz CT molecular complexity index is 1260. The second kappa shape index (κ2) is 8.72. The Hall–Kier alpha value is -2.85. The van der Waals surface area contributed by atoms with Gasteiger partial charge in [0.15, 0.2) is 0 Å². The van der Waals surface area contributed by atoms with Gasteiger partial charge in [-0.1, -0.05) is 30.4 Å². The molecule has 9 heteroatoms. The lowest BCUT2D eigenvalue weighted by atomic mass is 10.2. The highest BCUT2D eigenvalue weighted by Crippen LogP contribution is 2.37. The van der Waals surface area contributed by atoms with Gasteiger partial charge in [0.2, 0.25) is 5.12 Å². The molecule has 0 bridgehead atoms. The van der Waals surface area contributed by atoms with Crippen LogP contribution in [0.1, 0.15) is 4.88 Å². The van der Waals surface area contributed by atoms with Crippen molar-refractivity contribution in [1.82, 2.24) is 5.32 Å². The van der Waals surface area contributed by atoms with Gasteiger partial charge in [-0.15, -0.1) is 22.7 Å². The molecular formula is C22H16N4OS4. The fourth-order valence-electron chi connectivity index (χ4n) is 3.01. The van der Waals surface area contributed by atoms with Crippen molar-refractivity contribution in [2.45, 2.75) is 0 Å². The van der Waals surface area contributed by atoms with Crippen molar-refractivity contribution in [2.75, 3.05) is 16.2 Å². The number of hydrogen-bond acceptors (Lipinski definition) is 8. The van der Waals surface area contributed by atoms with Gasteiger partial charge in [-0.2, -0.15) is 0 Å². The number of para-hydroxylation sites is 1. The number of anilines is 4. The molecule has 0 amide bonds. The van der Waals surface area contributed by atoms with Gasteiger partial charge in [0.25, 0.3) is 0 Å². The molecule has 0 atom stereocenters. The molecule has 2 aromatic heterocycles. The van der Waals surface area contributed by atoms with Gasteiger partial charge in [-0.25, -0.2) is 0 Å². The SMILES string of the molecule is O=C1SC(=S)N/C1=C/c1cc2sc(NNc3ccc(Nc4ccccc4)cc3)cc2s1. The van der Waals surface area contributed by atoms with Crippen LogP contribution < -0.4 is 21.5 Å². The summed E-state index contributed by atoms with van der Waals surface area (Å²) in [5.74, 6) is 0. The number of thiocarbonyl (C=S) groups is 1. The molecule has 1 aliphatic rings. The lowest BCUT2D eigenvalue weighted by Gasteiger charge is -2.10. The number of hydrazine groups is 1. The van der Waals surface area contributed by atoms with Crippen LogP contribution >= 0.6 is 46.7 Å². The molecule has 0 spiro atoms. The first-order valence-electron chi connectivity index (χ1n) is 9.35. The van der Waals surface area contributed by atoms with E-state index in [1.54, 1.807) is 22.7 Å². The molecule has 4 aromatic rings. The summed E-state index contributed by atoms with van der Waals surface area (Å²) < 4.78 is 2.85. The summed E-state index contributed by atoms with van der Waals surface area (Å²) in [5.41, 5.74) is 10.1. The van der Waals surface area contributed by atoms with Crippen LogP contribution in [-0.4, -0.2) is 9.44 Å². The quantitative estimate of drug-likeness (QED) is 0.140. The highest BCUT2D eigenvalue weighted by atomic mass is 32.2. The lowest BCUT2D eigenvalue weighted by Crippen LogP contribution is -2.09. The van der Waals surface area contributed by atoms with Gasteiger partial charge in [-0.3, -0.25) is 10.2 Å². The van der Waals surface area contributed by atoms with Gasteiger partial charge >= 0.3 is 0 Å². The third-order valence-electron chi connectivity index (χ3n) is 4.43. The Morgan fingerprint density at radius 3 is 2.26 bits per heavy atom. The zero-order chi connectivity index (χ0) is 21.2. The molecule has 31 heavy (non-hydrogen) atoms. The van der Waals surface area contributed by atoms with Crippen molar-refractivity contribution in [2.24, 2.45) is 0 Å². The first-order valence-corrected chi connectivity index (χ1v) is 12.2. The third kappa shape index (κ3) is 4.75. The van der Waals surface area contributed by atoms with E-state index in [1.807, 2.05) is 60.7 Å². The number of nitrogens with one attached hydrogen (secondary N) is 4. The van der Waals surface area contributed by atoms with E-state index >= 15 is 0 Å².